The molecule has 4 nitrogen and oxygen atoms in total. The lowest BCUT2D eigenvalue weighted by Gasteiger charge is -2.33. The number of ether oxygens (including phenoxy) is 1. The van der Waals surface area contributed by atoms with E-state index in [0.717, 1.165) is 23.4 Å². The molecule has 0 saturated carbocycles. The van der Waals surface area contributed by atoms with Gasteiger partial charge < -0.3 is 15.0 Å². The molecule has 1 aliphatic rings. The van der Waals surface area contributed by atoms with Gasteiger partial charge in [0.05, 0.1) is 4.86 Å². The van der Waals surface area contributed by atoms with Crippen molar-refractivity contribution in [3.05, 3.63) is 29.3 Å². The van der Waals surface area contributed by atoms with Crippen molar-refractivity contribution in [1.82, 2.24) is 4.90 Å². The lowest BCUT2D eigenvalue weighted by atomic mass is 9.93. The lowest BCUT2D eigenvalue weighted by molar-refractivity contribution is 0.0203. The average molecular weight is 399 g/mol. The topological polar surface area (TPSA) is 41.6 Å². The number of hydrogen-bond acceptors (Lipinski definition) is 4. The van der Waals surface area contributed by atoms with Crippen molar-refractivity contribution in [1.29, 1.82) is 0 Å². The number of benzene rings is 1. The molecular weight excluding hydrogens is 376 g/mol. The first-order valence-electron chi connectivity index (χ1n) is 8.24. The van der Waals surface area contributed by atoms with Crippen LogP contribution in [-0.4, -0.2) is 39.5 Å². The Hall–Kier alpha value is -1.24. The molecule has 0 spiro atoms. The Kier molecular flexibility index (Phi) is 6.77. The Bertz CT molecular complexity index is 648. The molecule has 1 N–H and O–H groups in total. The molecule has 1 aromatic carbocycles. The third-order valence-corrected chi connectivity index (χ3v) is 5.08. The van der Waals surface area contributed by atoms with E-state index in [9.17, 15) is 4.79 Å². The fourth-order valence-corrected chi connectivity index (χ4v) is 3.26. The summed E-state index contributed by atoms with van der Waals surface area (Å²) >= 11 is 16.9. The number of likely N-dealkylation sites (tertiary alicyclic amines) is 1. The van der Waals surface area contributed by atoms with E-state index in [1.807, 2.05) is 32.9 Å². The second-order valence-corrected chi connectivity index (χ2v) is 8.35. The largest absolute Gasteiger partial charge is 0.444 e. The number of nitrogens with zero attached hydrogens (tertiary/aromatic N) is 1. The molecule has 0 aromatic heterocycles. The maximum absolute atomic E-state index is 12.1. The van der Waals surface area contributed by atoms with Gasteiger partial charge >= 0.3 is 6.09 Å². The number of carbonyl (C=O) groups excluding carboxylic acids is 1. The van der Waals surface area contributed by atoms with Crippen molar-refractivity contribution in [2.75, 3.05) is 18.4 Å². The minimum absolute atomic E-state index is 0.195. The van der Waals surface area contributed by atoms with E-state index >= 15 is 0 Å². The molecule has 0 atom stereocenters. The van der Waals surface area contributed by atoms with Crippen molar-refractivity contribution in [3.8, 4) is 0 Å². The summed E-state index contributed by atoms with van der Waals surface area (Å²) in [6.45, 7) is 6.86. The molecule has 136 valence electrons. The van der Waals surface area contributed by atoms with Gasteiger partial charge in [-0.3, -0.25) is 0 Å². The second kappa shape index (κ2) is 8.43. The number of amides is 1. The van der Waals surface area contributed by atoms with E-state index in [2.05, 4.69) is 5.32 Å². The molecule has 1 aromatic rings. The lowest BCUT2D eigenvalue weighted by Crippen LogP contribution is -2.43. The van der Waals surface area contributed by atoms with Gasteiger partial charge in [-0.25, -0.2) is 4.79 Å². The molecule has 0 aliphatic carbocycles. The summed E-state index contributed by atoms with van der Waals surface area (Å²) in [6.07, 6.45) is 1.32. The highest BCUT2D eigenvalue weighted by Crippen LogP contribution is 2.22. The predicted molar refractivity (Wildman–Crippen MR) is 111 cm³/mol. The van der Waals surface area contributed by atoms with Crippen LogP contribution in [0.4, 0.5) is 10.5 Å². The van der Waals surface area contributed by atoms with Gasteiger partial charge in [-0.1, -0.05) is 36.0 Å². The number of anilines is 1. The van der Waals surface area contributed by atoms with E-state index in [4.69, 9.17) is 40.8 Å². The number of piperidine rings is 1. The zero-order valence-corrected chi connectivity index (χ0v) is 17.1. The Balaban J connectivity index is 1.85. The maximum atomic E-state index is 12.1. The van der Waals surface area contributed by atoms with Crippen LogP contribution >= 0.6 is 36.0 Å². The SMILES string of the molecule is CC(C)(C)OC(=O)N1CCC(C(=S)C(=S)Nc2ccc(Cl)cc2)CC1. The molecule has 1 heterocycles. The van der Waals surface area contributed by atoms with E-state index < -0.39 is 5.60 Å². The number of thiocarbonyl (C=S) groups is 2. The number of rotatable bonds is 3. The van der Waals surface area contributed by atoms with Gasteiger partial charge in [0.15, 0.2) is 0 Å². The predicted octanol–water partition coefficient (Wildman–Crippen LogP) is 5.10. The summed E-state index contributed by atoms with van der Waals surface area (Å²) in [5.74, 6) is 0.195. The molecule has 25 heavy (non-hydrogen) atoms. The molecule has 0 bridgehead atoms. The van der Waals surface area contributed by atoms with Gasteiger partial charge in [0.1, 0.15) is 10.6 Å². The van der Waals surface area contributed by atoms with E-state index in [0.29, 0.717) is 23.1 Å². The Morgan fingerprint density at radius 3 is 2.28 bits per heavy atom. The molecule has 1 fully saturated rings. The average Bonchev–Trinajstić information content (AvgIpc) is 2.55. The van der Waals surface area contributed by atoms with Crippen LogP contribution in [-0.2, 0) is 4.74 Å². The number of carbonyl (C=O) groups is 1. The highest BCUT2D eigenvalue weighted by molar-refractivity contribution is 7.89. The van der Waals surface area contributed by atoms with E-state index in [1.54, 1.807) is 17.0 Å². The van der Waals surface area contributed by atoms with Crippen LogP contribution in [0.25, 0.3) is 0 Å². The van der Waals surface area contributed by atoms with Crippen LogP contribution in [0.2, 0.25) is 5.02 Å². The maximum Gasteiger partial charge on any atom is 0.410 e. The van der Waals surface area contributed by atoms with Crippen LogP contribution in [0, 0.1) is 5.92 Å². The van der Waals surface area contributed by atoms with E-state index in [-0.39, 0.29) is 12.0 Å². The fourth-order valence-electron chi connectivity index (χ4n) is 2.56. The van der Waals surface area contributed by atoms with Gasteiger partial charge in [-0.05, 0) is 57.9 Å². The van der Waals surface area contributed by atoms with Crippen molar-refractivity contribution in [3.63, 3.8) is 0 Å². The van der Waals surface area contributed by atoms with Gasteiger partial charge in [0.2, 0.25) is 0 Å². The third-order valence-electron chi connectivity index (χ3n) is 3.84. The number of hydrogen-bond donors (Lipinski definition) is 1. The third kappa shape index (κ3) is 6.20. The first-order chi connectivity index (χ1) is 11.7. The monoisotopic (exact) mass is 398 g/mol. The van der Waals surface area contributed by atoms with Crippen molar-refractivity contribution in [2.24, 2.45) is 5.92 Å². The van der Waals surface area contributed by atoms with Gasteiger partial charge in [0, 0.05) is 29.7 Å². The molecular formula is C18H23ClN2O2S2. The van der Waals surface area contributed by atoms with Gasteiger partial charge in [0.25, 0.3) is 0 Å². The minimum Gasteiger partial charge on any atom is -0.444 e. The van der Waals surface area contributed by atoms with E-state index in [1.165, 1.54) is 0 Å². The molecule has 0 unspecified atom stereocenters. The highest BCUT2D eigenvalue weighted by Gasteiger charge is 2.29. The zero-order valence-electron chi connectivity index (χ0n) is 14.7. The Labute approximate surface area is 164 Å². The first kappa shape index (κ1) is 20.1. The highest BCUT2D eigenvalue weighted by atomic mass is 35.5. The van der Waals surface area contributed by atoms with Crippen LogP contribution in [0.3, 0.4) is 0 Å². The summed E-state index contributed by atoms with van der Waals surface area (Å²) in [5.41, 5.74) is 0.385. The molecule has 1 amide bonds. The molecule has 2 rings (SSSR count). The molecule has 1 saturated heterocycles. The zero-order chi connectivity index (χ0) is 18.6. The molecule has 1 aliphatic heterocycles. The Morgan fingerprint density at radius 2 is 1.76 bits per heavy atom. The summed E-state index contributed by atoms with van der Waals surface area (Å²) in [4.78, 5) is 15.2. The molecule has 7 heteroatoms. The van der Waals surface area contributed by atoms with Gasteiger partial charge in [-0.15, -0.1) is 0 Å². The quantitative estimate of drug-likeness (QED) is 0.717. The second-order valence-electron chi connectivity index (χ2n) is 7.07. The minimum atomic E-state index is -0.479. The normalized spacial score (nSPS) is 15.6. The fraction of sp³-hybridized carbons (Fsp3) is 0.500. The van der Waals surface area contributed by atoms with Crippen LogP contribution in [0.1, 0.15) is 33.6 Å². The summed E-state index contributed by atoms with van der Waals surface area (Å²) in [6, 6.07) is 7.33. The van der Waals surface area contributed by atoms with Gasteiger partial charge in [-0.2, -0.15) is 0 Å². The standard InChI is InChI=1S/C18H23ClN2O2S2/c1-18(2,3)23-17(22)21-10-8-12(9-11-21)15(24)16(25)20-14-6-4-13(19)5-7-14/h4-7,12H,8-11H2,1-3H3,(H,20,25). The summed E-state index contributed by atoms with van der Waals surface area (Å²) in [7, 11) is 0. The smallest absolute Gasteiger partial charge is 0.410 e. The van der Waals surface area contributed by atoms with Crippen LogP contribution in [0.15, 0.2) is 24.3 Å². The number of halogens is 1. The first-order valence-corrected chi connectivity index (χ1v) is 9.44. The van der Waals surface area contributed by atoms with Crippen molar-refractivity contribution >= 4 is 57.7 Å². The summed E-state index contributed by atoms with van der Waals surface area (Å²) < 4.78 is 5.41. The number of nitrogens with one attached hydrogen (secondary N) is 1. The van der Waals surface area contributed by atoms with Crippen molar-refractivity contribution in [2.45, 2.75) is 39.2 Å². The van der Waals surface area contributed by atoms with Crippen LogP contribution < -0.4 is 5.32 Å². The van der Waals surface area contributed by atoms with Crippen molar-refractivity contribution < 1.29 is 9.53 Å². The Morgan fingerprint density at radius 1 is 1.20 bits per heavy atom. The molecule has 0 radical (unpaired) electrons. The van der Waals surface area contributed by atoms with Crippen LogP contribution in [0.5, 0.6) is 0 Å². The summed E-state index contributed by atoms with van der Waals surface area (Å²) in [5, 5.41) is 3.83.